The van der Waals surface area contributed by atoms with Crippen LogP contribution in [-0.4, -0.2) is 93.6 Å². The van der Waals surface area contributed by atoms with Crippen LogP contribution in [0.25, 0.3) is 0 Å². The number of urea groups is 1. The van der Waals surface area contributed by atoms with Gasteiger partial charge in [0.25, 0.3) is 0 Å². The first-order chi connectivity index (χ1) is 22.5. The van der Waals surface area contributed by atoms with Crippen LogP contribution in [0.15, 0.2) is 30.3 Å². The number of carbonyl (C=O) groups excluding carboxylic acids is 4. The number of hydrogen-bond donors (Lipinski definition) is 6. The molecule has 3 rings (SSSR count). The van der Waals surface area contributed by atoms with Gasteiger partial charge < -0.3 is 41.1 Å². The highest BCUT2D eigenvalue weighted by molar-refractivity contribution is 5.92. The third kappa shape index (κ3) is 14.0. The number of hydrogen-bond acceptors (Lipinski definition) is 7. The molecule has 1 aliphatic heterocycles. The van der Waals surface area contributed by atoms with E-state index >= 15 is 0 Å². The van der Waals surface area contributed by atoms with Gasteiger partial charge in [-0.3, -0.25) is 9.59 Å². The molecule has 0 aromatic heterocycles. The SMILES string of the molecule is C[C@H](NC(=O)[C@H](Cc1ccccc1)NC(=O)N1CCC(NC(=O)OC(C)(C)C)CC1)C(=O)N[C@@H](CC1CCCCC1)[C@@H](O)CC(C)(C)O. The summed E-state index contributed by atoms with van der Waals surface area (Å²) in [5.74, 6) is -0.575. The molecule has 0 bridgehead atoms. The van der Waals surface area contributed by atoms with Gasteiger partial charge in [0, 0.05) is 32.0 Å². The molecule has 48 heavy (non-hydrogen) atoms. The van der Waals surface area contributed by atoms with Crippen LogP contribution in [0, 0.1) is 5.92 Å². The van der Waals surface area contributed by atoms with Crippen LogP contribution >= 0.6 is 0 Å². The lowest BCUT2D eigenvalue weighted by atomic mass is 9.82. The van der Waals surface area contributed by atoms with E-state index < -0.39 is 59.4 Å². The summed E-state index contributed by atoms with van der Waals surface area (Å²) in [6.45, 7) is 11.0. The molecule has 1 saturated heterocycles. The van der Waals surface area contributed by atoms with Crippen molar-refractivity contribution in [2.75, 3.05) is 13.1 Å². The second-order valence-electron chi connectivity index (χ2n) is 15.3. The fraction of sp³-hybridized carbons (Fsp3) is 0.722. The van der Waals surface area contributed by atoms with E-state index in [9.17, 15) is 29.4 Å². The highest BCUT2D eigenvalue weighted by Gasteiger charge is 2.33. The molecular formula is C36H59N5O7. The molecule has 2 fully saturated rings. The summed E-state index contributed by atoms with van der Waals surface area (Å²) in [7, 11) is 0. The van der Waals surface area contributed by atoms with Crippen LogP contribution in [0.5, 0.6) is 0 Å². The minimum Gasteiger partial charge on any atom is -0.444 e. The van der Waals surface area contributed by atoms with Crippen molar-refractivity contribution in [1.29, 1.82) is 0 Å². The minimum absolute atomic E-state index is 0.102. The van der Waals surface area contributed by atoms with Crippen molar-refractivity contribution in [2.24, 2.45) is 5.92 Å². The minimum atomic E-state index is -1.11. The van der Waals surface area contributed by atoms with Crippen LogP contribution in [-0.2, 0) is 20.7 Å². The zero-order valence-electron chi connectivity index (χ0n) is 29.7. The van der Waals surface area contributed by atoms with E-state index in [0.717, 1.165) is 31.2 Å². The summed E-state index contributed by atoms with van der Waals surface area (Å²) in [6, 6.07) is 6.33. The number of alkyl carbamates (subject to hydrolysis) is 1. The molecule has 1 aliphatic carbocycles. The number of likely N-dealkylation sites (tertiary alicyclic amines) is 1. The average Bonchev–Trinajstić information content (AvgIpc) is 2.99. The Labute approximate surface area is 286 Å². The van der Waals surface area contributed by atoms with Gasteiger partial charge in [0.15, 0.2) is 0 Å². The number of nitrogens with zero attached hydrogens (tertiary/aromatic N) is 1. The van der Waals surface area contributed by atoms with E-state index in [4.69, 9.17) is 4.74 Å². The molecule has 1 heterocycles. The van der Waals surface area contributed by atoms with E-state index in [1.54, 1.807) is 46.4 Å². The summed E-state index contributed by atoms with van der Waals surface area (Å²) < 4.78 is 5.35. The van der Waals surface area contributed by atoms with Crippen molar-refractivity contribution in [3.63, 3.8) is 0 Å². The number of rotatable bonds is 13. The monoisotopic (exact) mass is 673 g/mol. The molecule has 0 radical (unpaired) electrons. The Morgan fingerprint density at radius 2 is 1.52 bits per heavy atom. The van der Waals surface area contributed by atoms with E-state index in [1.165, 1.54) is 6.42 Å². The molecule has 4 atom stereocenters. The fourth-order valence-corrected chi connectivity index (χ4v) is 6.44. The topological polar surface area (TPSA) is 169 Å². The Morgan fingerprint density at radius 1 is 0.896 bits per heavy atom. The standard InChI is InChI=1S/C36H59N5O7/c1-24(31(43)39-28(30(42)23-36(5,6)47)21-25-13-9-7-10-14-25)37-32(44)29(22-26-15-11-8-12-16-26)40-33(45)41-19-17-27(18-20-41)38-34(46)48-35(2,3)4/h8,11-12,15-16,24-25,27-30,42,47H,7,9-10,13-14,17-23H2,1-6H3,(H,37,44)(H,38,46)(H,39,43)(H,40,45)/t24-,28-,29-,30-/m0/s1. The Morgan fingerprint density at radius 3 is 2.10 bits per heavy atom. The van der Waals surface area contributed by atoms with Crippen molar-refractivity contribution in [3.05, 3.63) is 35.9 Å². The number of piperidine rings is 1. The molecule has 2 aliphatic rings. The normalized spacial score (nSPS) is 19.0. The van der Waals surface area contributed by atoms with Gasteiger partial charge in [-0.05, 0) is 72.3 Å². The van der Waals surface area contributed by atoms with Gasteiger partial charge in [0.1, 0.15) is 17.7 Å². The molecule has 6 N–H and O–H groups in total. The van der Waals surface area contributed by atoms with Crippen LogP contribution in [0.3, 0.4) is 0 Å². The van der Waals surface area contributed by atoms with Gasteiger partial charge in [-0.1, -0.05) is 62.4 Å². The third-order valence-electron chi connectivity index (χ3n) is 8.96. The zero-order valence-corrected chi connectivity index (χ0v) is 29.7. The number of aliphatic hydroxyl groups is 2. The molecule has 12 heteroatoms. The van der Waals surface area contributed by atoms with Gasteiger partial charge in [-0.15, -0.1) is 0 Å². The highest BCUT2D eigenvalue weighted by atomic mass is 16.6. The lowest BCUT2D eigenvalue weighted by Crippen LogP contribution is -2.58. The molecule has 270 valence electrons. The van der Waals surface area contributed by atoms with E-state index in [-0.39, 0.29) is 18.9 Å². The summed E-state index contributed by atoms with van der Waals surface area (Å²) in [4.78, 5) is 54.2. The average molecular weight is 674 g/mol. The fourth-order valence-electron chi connectivity index (χ4n) is 6.44. The van der Waals surface area contributed by atoms with Crippen molar-refractivity contribution in [1.82, 2.24) is 26.2 Å². The number of benzene rings is 1. The third-order valence-corrected chi connectivity index (χ3v) is 8.96. The van der Waals surface area contributed by atoms with Crippen molar-refractivity contribution >= 4 is 23.9 Å². The van der Waals surface area contributed by atoms with Crippen LogP contribution < -0.4 is 21.3 Å². The molecule has 1 aromatic carbocycles. The summed E-state index contributed by atoms with van der Waals surface area (Å²) in [5.41, 5.74) is -0.870. The van der Waals surface area contributed by atoms with Crippen LogP contribution in [0.4, 0.5) is 9.59 Å². The second-order valence-corrected chi connectivity index (χ2v) is 15.3. The molecule has 0 spiro atoms. The van der Waals surface area contributed by atoms with E-state index in [2.05, 4.69) is 21.3 Å². The van der Waals surface area contributed by atoms with Gasteiger partial charge in [0.2, 0.25) is 11.8 Å². The van der Waals surface area contributed by atoms with Gasteiger partial charge in [0.05, 0.1) is 17.7 Å². The van der Waals surface area contributed by atoms with Gasteiger partial charge in [-0.25, -0.2) is 9.59 Å². The Balaban J connectivity index is 1.62. The van der Waals surface area contributed by atoms with Crippen molar-refractivity contribution < 1.29 is 34.1 Å². The molecule has 5 amide bonds. The van der Waals surface area contributed by atoms with Gasteiger partial charge >= 0.3 is 12.1 Å². The molecule has 0 unspecified atom stereocenters. The lowest BCUT2D eigenvalue weighted by Gasteiger charge is -2.34. The molecule has 1 saturated carbocycles. The number of amides is 5. The maximum absolute atomic E-state index is 13.6. The second kappa shape index (κ2) is 17.9. The number of nitrogens with one attached hydrogen (secondary N) is 4. The Bertz CT molecular complexity index is 1190. The molecular weight excluding hydrogens is 614 g/mol. The largest absolute Gasteiger partial charge is 0.444 e. The highest BCUT2D eigenvalue weighted by Crippen LogP contribution is 2.29. The predicted molar refractivity (Wildman–Crippen MR) is 184 cm³/mol. The summed E-state index contributed by atoms with van der Waals surface area (Å²) >= 11 is 0. The van der Waals surface area contributed by atoms with Crippen LogP contribution in [0.1, 0.15) is 105 Å². The first-order valence-electron chi connectivity index (χ1n) is 17.6. The first-order valence-corrected chi connectivity index (χ1v) is 17.6. The number of carbonyl (C=O) groups is 4. The summed E-state index contributed by atoms with van der Waals surface area (Å²) in [5, 5.41) is 32.8. The Kier molecular flexibility index (Phi) is 14.5. The maximum Gasteiger partial charge on any atom is 0.407 e. The lowest BCUT2D eigenvalue weighted by molar-refractivity contribution is -0.130. The Hall–Kier alpha value is -3.38. The summed E-state index contributed by atoms with van der Waals surface area (Å²) in [6.07, 6.45) is 6.06. The number of aliphatic hydroxyl groups excluding tert-OH is 1. The maximum atomic E-state index is 13.6. The smallest absolute Gasteiger partial charge is 0.407 e. The van der Waals surface area contributed by atoms with Crippen molar-refractivity contribution in [3.8, 4) is 0 Å². The number of ether oxygens (including phenoxy) is 1. The quantitative estimate of drug-likeness (QED) is 0.185. The first kappa shape index (κ1) is 39.1. The predicted octanol–water partition coefficient (Wildman–Crippen LogP) is 3.78. The van der Waals surface area contributed by atoms with E-state index in [0.29, 0.717) is 38.3 Å². The van der Waals surface area contributed by atoms with Gasteiger partial charge in [-0.2, -0.15) is 0 Å². The zero-order chi connectivity index (χ0) is 35.5. The van der Waals surface area contributed by atoms with Crippen LogP contribution in [0.2, 0.25) is 0 Å². The molecule has 12 nitrogen and oxygen atoms in total. The van der Waals surface area contributed by atoms with E-state index in [1.807, 2.05) is 30.3 Å². The molecule has 1 aromatic rings. The van der Waals surface area contributed by atoms with Crippen molar-refractivity contribution in [2.45, 2.75) is 147 Å².